The standard InChI is InChI=1S/C23H36N2O4/c1-17(24-22(27)29-23(2,3)4)12-13-21(26)25-14-8-9-18(16-25)15-19-10-6-7-11-20(19)28-5/h6-7,10-11,17-18H,8-9,12-16H2,1-5H3,(H,24,27)/t17-,18+/m0/s1. The van der Waals surface area contributed by atoms with Gasteiger partial charge in [0.1, 0.15) is 11.4 Å². The Morgan fingerprint density at radius 3 is 2.69 bits per heavy atom. The molecule has 2 atom stereocenters. The van der Waals surface area contributed by atoms with Crippen LogP contribution in [0, 0.1) is 5.92 Å². The zero-order valence-electron chi connectivity index (χ0n) is 18.5. The molecule has 6 heteroatoms. The summed E-state index contributed by atoms with van der Waals surface area (Å²) in [4.78, 5) is 26.5. The molecule has 0 radical (unpaired) electrons. The van der Waals surface area contributed by atoms with Gasteiger partial charge in [0.05, 0.1) is 7.11 Å². The number of carbonyl (C=O) groups excluding carboxylic acids is 2. The van der Waals surface area contributed by atoms with E-state index in [1.165, 1.54) is 5.56 Å². The number of hydrogen-bond donors (Lipinski definition) is 1. The molecule has 1 aromatic rings. The van der Waals surface area contributed by atoms with Crippen molar-refractivity contribution in [2.45, 2.75) is 71.4 Å². The first kappa shape index (κ1) is 23.0. The Hall–Kier alpha value is -2.24. The van der Waals surface area contributed by atoms with Gasteiger partial charge in [-0.05, 0) is 70.9 Å². The van der Waals surface area contributed by atoms with Crippen molar-refractivity contribution in [1.82, 2.24) is 10.2 Å². The molecule has 2 rings (SSSR count). The predicted molar refractivity (Wildman–Crippen MR) is 114 cm³/mol. The fourth-order valence-electron chi connectivity index (χ4n) is 3.72. The number of carbonyl (C=O) groups is 2. The third-order valence-electron chi connectivity index (χ3n) is 5.13. The lowest BCUT2D eigenvalue weighted by Crippen LogP contribution is -2.42. The highest BCUT2D eigenvalue weighted by molar-refractivity contribution is 5.76. The molecule has 1 aliphatic heterocycles. The molecule has 0 aromatic heterocycles. The summed E-state index contributed by atoms with van der Waals surface area (Å²) >= 11 is 0. The van der Waals surface area contributed by atoms with Crippen LogP contribution in [0.1, 0.15) is 58.9 Å². The first-order valence-corrected chi connectivity index (χ1v) is 10.6. The van der Waals surface area contributed by atoms with Gasteiger partial charge in [-0.1, -0.05) is 18.2 Å². The van der Waals surface area contributed by atoms with Crippen molar-refractivity contribution in [2.24, 2.45) is 5.92 Å². The van der Waals surface area contributed by atoms with Crippen molar-refractivity contribution >= 4 is 12.0 Å². The van der Waals surface area contributed by atoms with E-state index in [2.05, 4.69) is 11.4 Å². The van der Waals surface area contributed by atoms with Gasteiger partial charge in [0.25, 0.3) is 0 Å². The third-order valence-corrected chi connectivity index (χ3v) is 5.13. The number of nitrogens with zero attached hydrogens (tertiary/aromatic N) is 1. The minimum Gasteiger partial charge on any atom is -0.496 e. The van der Waals surface area contributed by atoms with Gasteiger partial charge in [-0.2, -0.15) is 0 Å². The molecule has 0 saturated carbocycles. The largest absolute Gasteiger partial charge is 0.496 e. The van der Waals surface area contributed by atoms with Crippen molar-refractivity contribution in [2.75, 3.05) is 20.2 Å². The minimum atomic E-state index is -0.524. The molecule has 0 bridgehead atoms. The van der Waals surface area contributed by atoms with Gasteiger partial charge in [0.2, 0.25) is 5.91 Å². The van der Waals surface area contributed by atoms with E-state index in [9.17, 15) is 9.59 Å². The van der Waals surface area contributed by atoms with E-state index in [1.54, 1.807) is 7.11 Å². The van der Waals surface area contributed by atoms with Gasteiger partial charge in [0, 0.05) is 25.6 Å². The van der Waals surface area contributed by atoms with Crippen LogP contribution in [-0.2, 0) is 16.0 Å². The molecule has 1 saturated heterocycles. The van der Waals surface area contributed by atoms with E-state index < -0.39 is 11.7 Å². The summed E-state index contributed by atoms with van der Waals surface area (Å²) in [6, 6.07) is 7.99. The number of hydrogen-bond acceptors (Lipinski definition) is 4. The summed E-state index contributed by atoms with van der Waals surface area (Å²) in [6.07, 6.45) is 3.66. The van der Waals surface area contributed by atoms with Crippen LogP contribution in [0.2, 0.25) is 0 Å². The van der Waals surface area contributed by atoms with E-state index in [0.717, 1.165) is 38.1 Å². The van der Waals surface area contributed by atoms with Crippen LogP contribution >= 0.6 is 0 Å². The third kappa shape index (κ3) is 7.95. The number of methoxy groups -OCH3 is 1. The fourth-order valence-corrected chi connectivity index (χ4v) is 3.72. The van der Waals surface area contributed by atoms with Crippen molar-refractivity contribution in [3.05, 3.63) is 29.8 Å². The summed E-state index contributed by atoms with van der Waals surface area (Å²) in [5.74, 6) is 1.52. The van der Waals surface area contributed by atoms with Crippen LogP contribution < -0.4 is 10.1 Å². The highest BCUT2D eigenvalue weighted by Gasteiger charge is 2.25. The lowest BCUT2D eigenvalue weighted by atomic mass is 9.90. The number of nitrogens with one attached hydrogen (secondary N) is 1. The smallest absolute Gasteiger partial charge is 0.407 e. The molecule has 162 valence electrons. The molecule has 6 nitrogen and oxygen atoms in total. The number of benzene rings is 1. The fraction of sp³-hybridized carbons (Fsp3) is 0.652. The minimum absolute atomic E-state index is 0.108. The molecular formula is C23H36N2O4. The Labute approximate surface area is 174 Å². The Bertz CT molecular complexity index is 684. The molecule has 1 aromatic carbocycles. The Morgan fingerprint density at radius 1 is 1.28 bits per heavy atom. The van der Waals surface area contributed by atoms with Crippen LogP contribution in [0.5, 0.6) is 5.75 Å². The average Bonchev–Trinajstić information content (AvgIpc) is 2.65. The van der Waals surface area contributed by atoms with Crippen LogP contribution in [0.4, 0.5) is 4.79 Å². The number of likely N-dealkylation sites (tertiary alicyclic amines) is 1. The van der Waals surface area contributed by atoms with Gasteiger partial charge in [-0.15, -0.1) is 0 Å². The van der Waals surface area contributed by atoms with Crippen LogP contribution in [-0.4, -0.2) is 48.7 Å². The van der Waals surface area contributed by atoms with Crippen molar-refractivity contribution < 1.29 is 19.1 Å². The summed E-state index contributed by atoms with van der Waals surface area (Å²) < 4.78 is 10.7. The lowest BCUT2D eigenvalue weighted by molar-refractivity contribution is -0.133. The molecule has 1 heterocycles. The number of ether oxygens (including phenoxy) is 2. The highest BCUT2D eigenvalue weighted by atomic mass is 16.6. The highest BCUT2D eigenvalue weighted by Crippen LogP contribution is 2.26. The van der Waals surface area contributed by atoms with Crippen molar-refractivity contribution in [3.63, 3.8) is 0 Å². The molecule has 0 aliphatic carbocycles. The van der Waals surface area contributed by atoms with Gasteiger partial charge in [-0.3, -0.25) is 4.79 Å². The second-order valence-electron chi connectivity index (χ2n) is 8.95. The summed E-state index contributed by atoms with van der Waals surface area (Å²) in [6.45, 7) is 8.99. The quantitative estimate of drug-likeness (QED) is 0.741. The molecule has 1 N–H and O–H groups in total. The van der Waals surface area contributed by atoms with E-state index in [-0.39, 0.29) is 11.9 Å². The maximum atomic E-state index is 12.7. The van der Waals surface area contributed by atoms with Gasteiger partial charge in [-0.25, -0.2) is 4.79 Å². The monoisotopic (exact) mass is 404 g/mol. The Kier molecular flexibility index (Phi) is 8.35. The zero-order valence-corrected chi connectivity index (χ0v) is 18.5. The molecule has 29 heavy (non-hydrogen) atoms. The normalized spacial score (nSPS) is 18.1. The summed E-state index contributed by atoms with van der Waals surface area (Å²) in [5, 5.41) is 2.80. The molecule has 2 amide bonds. The molecular weight excluding hydrogens is 368 g/mol. The zero-order chi connectivity index (χ0) is 21.4. The molecule has 1 aliphatic rings. The van der Waals surface area contributed by atoms with Crippen molar-refractivity contribution in [3.8, 4) is 5.75 Å². The van der Waals surface area contributed by atoms with E-state index in [0.29, 0.717) is 18.8 Å². The maximum Gasteiger partial charge on any atom is 0.407 e. The lowest BCUT2D eigenvalue weighted by Gasteiger charge is -2.33. The number of piperidine rings is 1. The number of amides is 2. The SMILES string of the molecule is COc1ccccc1C[C@H]1CCCN(C(=O)CC[C@H](C)NC(=O)OC(C)(C)C)C1. The molecule has 1 fully saturated rings. The van der Waals surface area contributed by atoms with E-state index in [1.807, 2.05) is 50.8 Å². The maximum absolute atomic E-state index is 12.7. The molecule has 0 unspecified atom stereocenters. The Morgan fingerprint density at radius 2 is 2.00 bits per heavy atom. The van der Waals surface area contributed by atoms with Crippen LogP contribution in [0.15, 0.2) is 24.3 Å². The van der Waals surface area contributed by atoms with Crippen LogP contribution in [0.3, 0.4) is 0 Å². The van der Waals surface area contributed by atoms with Gasteiger partial charge >= 0.3 is 6.09 Å². The average molecular weight is 405 g/mol. The summed E-state index contributed by atoms with van der Waals surface area (Å²) in [7, 11) is 1.70. The first-order valence-electron chi connectivity index (χ1n) is 10.6. The second-order valence-corrected chi connectivity index (χ2v) is 8.95. The van der Waals surface area contributed by atoms with E-state index in [4.69, 9.17) is 9.47 Å². The topological polar surface area (TPSA) is 67.9 Å². The molecule has 0 spiro atoms. The second kappa shape index (κ2) is 10.5. The number of para-hydroxylation sites is 1. The van der Waals surface area contributed by atoms with Gasteiger partial charge in [0.15, 0.2) is 0 Å². The Balaban J connectivity index is 1.79. The predicted octanol–water partition coefficient (Wildman–Crippen LogP) is 4.17. The van der Waals surface area contributed by atoms with E-state index >= 15 is 0 Å². The van der Waals surface area contributed by atoms with Crippen LogP contribution in [0.25, 0.3) is 0 Å². The van der Waals surface area contributed by atoms with Gasteiger partial charge < -0.3 is 19.7 Å². The van der Waals surface area contributed by atoms with Crippen molar-refractivity contribution in [1.29, 1.82) is 0 Å². The summed E-state index contributed by atoms with van der Waals surface area (Å²) in [5.41, 5.74) is 0.675. The number of rotatable bonds is 7. The first-order chi connectivity index (χ1) is 13.7. The number of alkyl carbamates (subject to hydrolysis) is 1.